The predicted molar refractivity (Wildman–Crippen MR) is 118 cm³/mol. The van der Waals surface area contributed by atoms with E-state index in [0.717, 1.165) is 24.2 Å². The topological polar surface area (TPSA) is 56.6 Å². The fraction of sp³-hybridized carbons (Fsp3) is 0.478. The van der Waals surface area contributed by atoms with Gasteiger partial charge in [-0.05, 0) is 56.5 Å². The Balaban J connectivity index is 2.01. The molecule has 1 amide bonds. The van der Waals surface area contributed by atoms with Gasteiger partial charge in [0.15, 0.2) is 0 Å². The highest BCUT2D eigenvalue weighted by Gasteiger charge is 2.31. The van der Waals surface area contributed by atoms with E-state index in [9.17, 15) is 10.1 Å². The van der Waals surface area contributed by atoms with Crippen LogP contribution >= 0.6 is 11.6 Å². The Bertz CT molecular complexity index is 905. The number of nitriles is 1. The van der Waals surface area contributed by atoms with Crippen LogP contribution in [0.4, 0.5) is 5.69 Å². The number of anilines is 1. The fourth-order valence-corrected chi connectivity index (χ4v) is 4.30. The minimum absolute atomic E-state index is 0.0944. The van der Waals surface area contributed by atoms with Gasteiger partial charge in [-0.15, -0.1) is 0 Å². The summed E-state index contributed by atoms with van der Waals surface area (Å²) in [6.07, 6.45) is 4.90. The number of nitrogens with zero attached hydrogens (tertiary/aromatic N) is 3. The number of amides is 1. The lowest BCUT2D eigenvalue weighted by atomic mass is 9.87. The van der Waals surface area contributed by atoms with E-state index in [1.54, 1.807) is 11.0 Å². The van der Waals surface area contributed by atoms with Gasteiger partial charge in [-0.1, -0.05) is 24.6 Å². The highest BCUT2D eigenvalue weighted by molar-refractivity contribution is 6.32. The van der Waals surface area contributed by atoms with Gasteiger partial charge >= 0.3 is 0 Å². The Morgan fingerprint density at radius 1 is 1.34 bits per heavy atom. The van der Waals surface area contributed by atoms with Gasteiger partial charge in [0.05, 0.1) is 18.8 Å². The first kappa shape index (κ1) is 21.4. The number of allylic oxidation sites excluding steroid dienone is 1. The fourth-order valence-electron chi connectivity index (χ4n) is 4.09. The van der Waals surface area contributed by atoms with Crippen molar-refractivity contribution in [2.45, 2.75) is 39.7 Å². The summed E-state index contributed by atoms with van der Waals surface area (Å²) in [5.74, 6) is -0.273. The van der Waals surface area contributed by atoms with E-state index in [1.807, 2.05) is 12.1 Å². The van der Waals surface area contributed by atoms with E-state index >= 15 is 0 Å². The van der Waals surface area contributed by atoms with Crippen LogP contribution in [0.5, 0.6) is 0 Å². The second-order valence-electron chi connectivity index (χ2n) is 8.10. The molecule has 2 heterocycles. The van der Waals surface area contributed by atoms with E-state index in [4.69, 9.17) is 16.3 Å². The van der Waals surface area contributed by atoms with E-state index in [2.05, 4.69) is 44.7 Å². The molecule has 0 radical (unpaired) electrons. The molecule has 154 valence electrons. The predicted octanol–water partition coefficient (Wildman–Crippen LogP) is 4.52. The summed E-state index contributed by atoms with van der Waals surface area (Å²) in [5, 5.41) is 10.1. The van der Waals surface area contributed by atoms with Gasteiger partial charge in [0.2, 0.25) is 0 Å². The Morgan fingerprint density at radius 2 is 2.03 bits per heavy atom. The molecule has 0 spiro atoms. The largest absolute Gasteiger partial charge is 0.378 e. The zero-order chi connectivity index (χ0) is 21.2. The first-order chi connectivity index (χ1) is 13.8. The third kappa shape index (κ3) is 4.34. The average molecular weight is 414 g/mol. The van der Waals surface area contributed by atoms with Crippen molar-refractivity contribution < 1.29 is 9.53 Å². The van der Waals surface area contributed by atoms with Crippen LogP contribution in [0.15, 0.2) is 23.8 Å². The number of morpholine rings is 1. The number of halogens is 1. The van der Waals surface area contributed by atoms with Gasteiger partial charge in [0.1, 0.15) is 11.6 Å². The van der Waals surface area contributed by atoms with Crippen LogP contribution in [-0.2, 0) is 9.53 Å². The van der Waals surface area contributed by atoms with Crippen molar-refractivity contribution in [3.05, 3.63) is 39.9 Å². The summed E-state index contributed by atoms with van der Waals surface area (Å²) in [4.78, 5) is 16.8. The van der Waals surface area contributed by atoms with Gasteiger partial charge in [-0.3, -0.25) is 4.79 Å². The molecular weight excluding hydrogens is 386 g/mol. The summed E-state index contributed by atoms with van der Waals surface area (Å²) in [5.41, 5.74) is 4.03. The Hall–Kier alpha value is -2.29. The summed E-state index contributed by atoms with van der Waals surface area (Å²) in [6.45, 7) is 11.6. The smallest absolute Gasteiger partial charge is 0.264 e. The molecule has 5 nitrogen and oxygen atoms in total. The minimum atomic E-state index is -0.273. The summed E-state index contributed by atoms with van der Waals surface area (Å²) < 4.78 is 5.29. The minimum Gasteiger partial charge on any atom is -0.378 e. The van der Waals surface area contributed by atoms with Crippen molar-refractivity contribution in [2.24, 2.45) is 0 Å². The van der Waals surface area contributed by atoms with E-state index in [0.29, 0.717) is 36.9 Å². The van der Waals surface area contributed by atoms with Crippen molar-refractivity contribution in [3.63, 3.8) is 0 Å². The van der Waals surface area contributed by atoms with Crippen LogP contribution < -0.4 is 4.90 Å². The summed E-state index contributed by atoms with van der Waals surface area (Å²) in [6, 6.07) is 6.01. The Morgan fingerprint density at radius 3 is 2.66 bits per heavy atom. The summed E-state index contributed by atoms with van der Waals surface area (Å²) >= 11 is 6.61. The van der Waals surface area contributed by atoms with Crippen molar-refractivity contribution in [1.29, 1.82) is 5.26 Å². The monoisotopic (exact) mass is 413 g/mol. The molecule has 2 aliphatic rings. The molecule has 0 unspecified atom stereocenters. The third-order valence-electron chi connectivity index (χ3n) is 5.49. The quantitative estimate of drug-likeness (QED) is 0.538. The molecule has 1 aromatic rings. The number of benzene rings is 1. The van der Waals surface area contributed by atoms with Crippen molar-refractivity contribution in [2.75, 3.05) is 37.7 Å². The first-order valence-corrected chi connectivity index (χ1v) is 10.5. The zero-order valence-corrected chi connectivity index (χ0v) is 18.3. The van der Waals surface area contributed by atoms with Crippen LogP contribution in [0, 0.1) is 11.3 Å². The maximum Gasteiger partial charge on any atom is 0.264 e. The maximum atomic E-state index is 12.7. The van der Waals surface area contributed by atoms with E-state index in [1.165, 1.54) is 5.57 Å². The SMILES string of the molecule is CCCN1c2cc(Cl)c(/C=C(\C#N)C(=O)N3CCOCC3)cc2C(C)=CC1(C)C. The van der Waals surface area contributed by atoms with Crippen LogP contribution in [0.1, 0.15) is 45.2 Å². The van der Waals surface area contributed by atoms with Gasteiger partial charge < -0.3 is 14.5 Å². The van der Waals surface area contributed by atoms with Crippen molar-refractivity contribution in [3.8, 4) is 6.07 Å². The highest BCUT2D eigenvalue weighted by atomic mass is 35.5. The number of hydrogen-bond donors (Lipinski definition) is 0. The van der Waals surface area contributed by atoms with Crippen molar-refractivity contribution in [1.82, 2.24) is 4.90 Å². The second kappa shape index (κ2) is 8.61. The van der Waals surface area contributed by atoms with Crippen LogP contribution in [0.2, 0.25) is 5.02 Å². The molecule has 0 aliphatic carbocycles. The molecule has 0 atom stereocenters. The summed E-state index contributed by atoms with van der Waals surface area (Å²) in [7, 11) is 0. The van der Waals surface area contributed by atoms with Crippen LogP contribution in [0.3, 0.4) is 0 Å². The molecule has 0 aromatic heterocycles. The lowest BCUT2D eigenvalue weighted by molar-refractivity contribution is -0.130. The molecule has 1 aromatic carbocycles. The average Bonchev–Trinajstić information content (AvgIpc) is 2.69. The highest BCUT2D eigenvalue weighted by Crippen LogP contribution is 2.41. The van der Waals surface area contributed by atoms with Gasteiger partial charge in [0, 0.05) is 35.9 Å². The zero-order valence-electron chi connectivity index (χ0n) is 17.6. The Kier molecular flexibility index (Phi) is 6.36. The van der Waals surface area contributed by atoms with E-state index < -0.39 is 0 Å². The first-order valence-electron chi connectivity index (χ1n) is 10.1. The molecule has 2 aliphatic heterocycles. The molecule has 3 rings (SSSR count). The number of hydrogen-bond acceptors (Lipinski definition) is 4. The van der Waals surface area contributed by atoms with Crippen LogP contribution in [0.25, 0.3) is 11.6 Å². The third-order valence-corrected chi connectivity index (χ3v) is 5.82. The number of fused-ring (bicyclic) bond motifs is 1. The number of rotatable bonds is 4. The standard InChI is InChI=1S/C23H28ClN3O2/c1-5-6-27-21-13-20(24)17(12-19(21)16(2)14-23(27,3)4)11-18(15-25)22(28)26-7-9-29-10-8-26/h11-14H,5-10H2,1-4H3/b18-11+. The van der Waals surface area contributed by atoms with Gasteiger partial charge in [0.25, 0.3) is 5.91 Å². The van der Waals surface area contributed by atoms with Crippen molar-refractivity contribution >= 4 is 34.8 Å². The molecule has 0 N–H and O–H groups in total. The van der Waals surface area contributed by atoms with Gasteiger partial charge in [-0.2, -0.15) is 5.26 Å². The van der Waals surface area contributed by atoms with E-state index in [-0.39, 0.29) is 17.0 Å². The number of carbonyl (C=O) groups excluding carboxylic acids is 1. The Labute approximate surface area is 178 Å². The van der Waals surface area contributed by atoms with Gasteiger partial charge in [-0.25, -0.2) is 0 Å². The van der Waals surface area contributed by atoms with Crippen LogP contribution in [-0.4, -0.2) is 49.2 Å². The second-order valence-corrected chi connectivity index (χ2v) is 8.51. The number of ether oxygens (including phenoxy) is 1. The lowest BCUT2D eigenvalue weighted by Crippen LogP contribution is -2.45. The molecule has 1 fully saturated rings. The number of carbonyl (C=O) groups is 1. The normalized spacial score (nSPS) is 18.8. The molecule has 1 saturated heterocycles. The molecule has 0 saturated carbocycles. The molecular formula is C23H28ClN3O2. The molecule has 29 heavy (non-hydrogen) atoms. The lowest BCUT2D eigenvalue weighted by Gasteiger charge is -2.43. The molecule has 0 bridgehead atoms. The molecule has 6 heteroatoms. The maximum absolute atomic E-state index is 12.7.